The van der Waals surface area contributed by atoms with E-state index in [0.29, 0.717) is 0 Å². The van der Waals surface area contributed by atoms with E-state index in [1.165, 1.54) is 6.92 Å². The van der Waals surface area contributed by atoms with Gasteiger partial charge in [-0.15, -0.1) is 11.6 Å². The van der Waals surface area contributed by atoms with Gasteiger partial charge >= 0.3 is 18.1 Å². The minimum atomic E-state index is -6.09. The van der Waals surface area contributed by atoms with E-state index in [2.05, 4.69) is 4.74 Å². The summed E-state index contributed by atoms with van der Waals surface area (Å²) in [5.74, 6) is -10.1. The van der Waals surface area contributed by atoms with Crippen molar-refractivity contribution in [2.75, 3.05) is 6.61 Å². The second-order valence-corrected chi connectivity index (χ2v) is 2.99. The van der Waals surface area contributed by atoms with E-state index < -0.39 is 29.2 Å². The molecule has 94 valence electrons. The van der Waals surface area contributed by atoms with E-state index in [1.807, 2.05) is 0 Å². The topological polar surface area (TPSA) is 43.4 Å². The van der Waals surface area contributed by atoms with Crippen LogP contribution >= 0.6 is 11.6 Å². The predicted molar refractivity (Wildman–Crippen MR) is 42.3 cm³/mol. The summed E-state index contributed by atoms with van der Waals surface area (Å²) in [4.78, 5) is 21.3. The van der Waals surface area contributed by atoms with E-state index >= 15 is 0 Å². The van der Waals surface area contributed by atoms with Gasteiger partial charge < -0.3 is 4.74 Å². The molecule has 0 N–H and O–H groups in total. The molecular formula is C7H6ClF5O3. The fraction of sp³-hybridized carbons (Fsp3) is 0.714. The molecule has 0 heterocycles. The van der Waals surface area contributed by atoms with Crippen molar-refractivity contribution in [1.82, 2.24) is 0 Å². The van der Waals surface area contributed by atoms with Gasteiger partial charge in [-0.1, -0.05) is 0 Å². The van der Waals surface area contributed by atoms with Crippen LogP contribution in [0.4, 0.5) is 22.0 Å². The van der Waals surface area contributed by atoms with Crippen molar-refractivity contribution >= 4 is 23.4 Å². The molecule has 9 heteroatoms. The average molecular weight is 269 g/mol. The van der Waals surface area contributed by atoms with Gasteiger partial charge in [0.05, 0.1) is 6.61 Å². The van der Waals surface area contributed by atoms with Gasteiger partial charge in [0.2, 0.25) is 5.78 Å². The molecule has 3 nitrogen and oxygen atoms in total. The summed E-state index contributed by atoms with van der Waals surface area (Å²) in [6.45, 7) is 0.973. The van der Waals surface area contributed by atoms with E-state index in [1.54, 1.807) is 0 Å². The van der Waals surface area contributed by atoms with Crippen LogP contribution in [0.3, 0.4) is 0 Å². The molecule has 0 aliphatic rings. The highest BCUT2D eigenvalue weighted by molar-refractivity contribution is 6.42. The van der Waals surface area contributed by atoms with Gasteiger partial charge in [-0.3, -0.25) is 4.79 Å². The van der Waals surface area contributed by atoms with Gasteiger partial charge in [0.25, 0.3) is 0 Å². The number of rotatable bonds is 4. The van der Waals surface area contributed by atoms with Crippen LogP contribution in [0.1, 0.15) is 6.92 Å². The lowest BCUT2D eigenvalue weighted by molar-refractivity contribution is -0.268. The van der Waals surface area contributed by atoms with Crippen LogP contribution < -0.4 is 0 Å². The van der Waals surface area contributed by atoms with Crippen molar-refractivity contribution in [2.24, 2.45) is 0 Å². The fourth-order valence-corrected chi connectivity index (χ4v) is 0.821. The van der Waals surface area contributed by atoms with Gasteiger partial charge in [-0.25, -0.2) is 4.79 Å². The number of Topliss-reactive ketones (excluding diaryl/α,β-unsaturated/α-hetero) is 1. The monoisotopic (exact) mass is 268 g/mol. The molecule has 0 amide bonds. The molecule has 0 aromatic heterocycles. The lowest BCUT2D eigenvalue weighted by atomic mass is 10.1. The molecule has 0 bridgehead atoms. The van der Waals surface area contributed by atoms with Crippen LogP contribution in [-0.2, 0) is 14.3 Å². The lowest BCUT2D eigenvalue weighted by Crippen LogP contribution is -2.49. The summed E-state index contributed by atoms with van der Waals surface area (Å²) < 4.78 is 64.0. The Morgan fingerprint density at radius 1 is 1.25 bits per heavy atom. The molecule has 0 radical (unpaired) electrons. The smallest absolute Gasteiger partial charge is 0.461 e. The van der Waals surface area contributed by atoms with Crippen LogP contribution in [-0.4, -0.2) is 35.8 Å². The number of ether oxygens (including phenoxy) is 1. The Bertz CT molecular complexity index is 288. The Kier molecular flexibility index (Phi) is 4.66. The molecule has 0 saturated heterocycles. The number of ketones is 1. The highest BCUT2D eigenvalue weighted by Gasteiger charge is 2.65. The van der Waals surface area contributed by atoms with Gasteiger partial charge in [0.15, 0.2) is 5.38 Å². The van der Waals surface area contributed by atoms with Gasteiger partial charge in [-0.05, 0) is 6.92 Å². The Balaban J connectivity index is 4.87. The van der Waals surface area contributed by atoms with E-state index in [-0.39, 0.29) is 6.61 Å². The Morgan fingerprint density at radius 3 is 2.00 bits per heavy atom. The summed E-state index contributed by atoms with van der Waals surface area (Å²) in [5, 5.41) is -2.68. The van der Waals surface area contributed by atoms with Crippen LogP contribution in [0.15, 0.2) is 0 Å². The summed E-state index contributed by atoms with van der Waals surface area (Å²) in [7, 11) is 0. The number of hydrogen-bond donors (Lipinski definition) is 0. The summed E-state index contributed by atoms with van der Waals surface area (Å²) >= 11 is 4.85. The minimum Gasteiger partial charge on any atom is -0.465 e. The third-order valence-corrected chi connectivity index (χ3v) is 1.77. The van der Waals surface area contributed by atoms with E-state index in [4.69, 9.17) is 11.6 Å². The maximum Gasteiger partial charge on any atom is 0.461 e. The zero-order valence-electron chi connectivity index (χ0n) is 7.78. The van der Waals surface area contributed by atoms with Crippen LogP contribution in [0.2, 0.25) is 0 Å². The third-order valence-electron chi connectivity index (χ3n) is 1.39. The first kappa shape index (κ1) is 15.1. The lowest BCUT2D eigenvalue weighted by Gasteiger charge is -2.19. The summed E-state index contributed by atoms with van der Waals surface area (Å²) in [6, 6.07) is 0. The molecule has 1 atom stereocenters. The second kappa shape index (κ2) is 4.94. The minimum absolute atomic E-state index is 0.299. The molecule has 0 aromatic carbocycles. The molecule has 0 rings (SSSR count). The zero-order valence-corrected chi connectivity index (χ0v) is 8.53. The molecule has 0 aliphatic heterocycles. The first-order valence-corrected chi connectivity index (χ1v) is 4.29. The normalized spacial score (nSPS) is 14.4. The Hall–Kier alpha value is -0.920. The number of halogens is 6. The SMILES string of the molecule is CCOC(=O)C(Cl)C(=O)C(F)(F)C(F)(F)F. The van der Waals surface area contributed by atoms with E-state index in [0.717, 1.165) is 0 Å². The van der Waals surface area contributed by atoms with Gasteiger partial charge in [-0.2, -0.15) is 22.0 Å². The van der Waals surface area contributed by atoms with E-state index in [9.17, 15) is 31.5 Å². The van der Waals surface area contributed by atoms with Crippen molar-refractivity contribution < 1.29 is 36.3 Å². The number of hydrogen-bond acceptors (Lipinski definition) is 3. The van der Waals surface area contributed by atoms with Crippen LogP contribution in [0, 0.1) is 0 Å². The largest absolute Gasteiger partial charge is 0.465 e. The molecule has 0 aliphatic carbocycles. The maximum absolute atomic E-state index is 12.4. The third kappa shape index (κ3) is 3.03. The molecule has 16 heavy (non-hydrogen) atoms. The predicted octanol–water partition coefficient (Wildman–Crippen LogP) is 1.92. The van der Waals surface area contributed by atoms with Crippen LogP contribution in [0.25, 0.3) is 0 Å². The molecule has 0 saturated carbocycles. The van der Waals surface area contributed by atoms with Crippen molar-refractivity contribution in [3.05, 3.63) is 0 Å². The average Bonchev–Trinajstić information content (AvgIpc) is 2.14. The molecular weight excluding hydrogens is 263 g/mol. The van der Waals surface area contributed by atoms with Crippen molar-refractivity contribution in [3.63, 3.8) is 0 Å². The molecule has 0 spiro atoms. The Morgan fingerprint density at radius 2 is 1.69 bits per heavy atom. The van der Waals surface area contributed by atoms with Crippen molar-refractivity contribution in [2.45, 2.75) is 24.4 Å². The molecule has 0 fully saturated rings. The number of carbonyl (C=O) groups excluding carboxylic acids is 2. The van der Waals surface area contributed by atoms with Crippen molar-refractivity contribution in [3.8, 4) is 0 Å². The Labute approximate surface area is 91.5 Å². The van der Waals surface area contributed by atoms with Crippen LogP contribution in [0.5, 0.6) is 0 Å². The fourth-order valence-electron chi connectivity index (χ4n) is 0.621. The van der Waals surface area contributed by atoms with Crippen molar-refractivity contribution in [1.29, 1.82) is 0 Å². The van der Waals surface area contributed by atoms with Gasteiger partial charge in [0.1, 0.15) is 0 Å². The van der Waals surface area contributed by atoms with Gasteiger partial charge in [0, 0.05) is 0 Å². The quantitative estimate of drug-likeness (QED) is 0.339. The first-order valence-electron chi connectivity index (χ1n) is 3.85. The first-order chi connectivity index (χ1) is 7.05. The maximum atomic E-state index is 12.4. The summed E-state index contributed by atoms with van der Waals surface area (Å²) in [5.41, 5.74) is 0. The highest BCUT2D eigenvalue weighted by Crippen LogP contribution is 2.37. The zero-order chi connectivity index (χ0) is 13.1. The standard InChI is InChI=1S/C7H6ClF5O3/c1-2-16-5(15)3(8)4(14)6(9,10)7(11,12)13/h3H,2H2,1H3. The molecule has 0 aromatic rings. The number of alkyl halides is 6. The number of esters is 1. The highest BCUT2D eigenvalue weighted by atomic mass is 35.5. The second-order valence-electron chi connectivity index (χ2n) is 2.55. The number of carbonyl (C=O) groups is 2. The molecule has 1 unspecified atom stereocenters. The summed E-state index contributed by atoms with van der Waals surface area (Å²) in [6.07, 6.45) is -6.09.